The second-order valence-corrected chi connectivity index (χ2v) is 18.4. The van der Waals surface area contributed by atoms with Crippen molar-refractivity contribution < 1.29 is 47.7 Å². The minimum Gasteiger partial charge on any atom is -0.491 e. The maximum Gasteiger partial charge on any atom is 0.407 e. The van der Waals surface area contributed by atoms with Gasteiger partial charge in [0.1, 0.15) is 36.6 Å². The Hall–Kier alpha value is -5.67. The number of nitrogens with one attached hydrogen (secondary N) is 4. The Kier molecular flexibility index (Phi) is 18.0. The van der Waals surface area contributed by atoms with Crippen molar-refractivity contribution in [2.75, 3.05) is 46.1 Å². The Morgan fingerprint density at radius 2 is 1.48 bits per heavy atom. The highest BCUT2D eigenvalue weighted by Crippen LogP contribution is 2.33. The number of carbonyl (C=O) groups excluding carboxylic acids is 5. The number of carbonyl (C=O) groups is 5. The molecule has 3 aromatic carbocycles. The lowest BCUT2D eigenvalue weighted by Gasteiger charge is -2.42. The lowest BCUT2D eigenvalue weighted by atomic mass is 9.83. The van der Waals surface area contributed by atoms with Gasteiger partial charge in [-0.3, -0.25) is 14.4 Å². The summed E-state index contributed by atoms with van der Waals surface area (Å²) in [7, 11) is 0. The fraction of sp³-hybridized carbons (Fsp3) is 0.531. The van der Waals surface area contributed by atoms with Crippen molar-refractivity contribution in [3.8, 4) is 5.75 Å². The summed E-state index contributed by atoms with van der Waals surface area (Å²) in [6.07, 6.45) is 1.79. The normalized spacial score (nSPS) is 16.8. The molecular weight excluding hydrogens is 819 g/mol. The van der Waals surface area contributed by atoms with Crippen LogP contribution in [0.1, 0.15) is 95.2 Å². The van der Waals surface area contributed by atoms with E-state index < -0.39 is 47.1 Å². The van der Waals surface area contributed by atoms with Crippen molar-refractivity contribution in [2.24, 2.45) is 11.3 Å². The van der Waals surface area contributed by atoms with E-state index in [2.05, 4.69) is 33.4 Å². The summed E-state index contributed by atoms with van der Waals surface area (Å²) in [6, 6.07) is 21.1. The third kappa shape index (κ3) is 15.3. The predicted molar refractivity (Wildman–Crippen MR) is 241 cm³/mol. The van der Waals surface area contributed by atoms with Gasteiger partial charge in [0.2, 0.25) is 17.7 Å². The maximum absolute atomic E-state index is 14.9. The monoisotopic (exact) mass is 885 g/mol. The van der Waals surface area contributed by atoms with Gasteiger partial charge in [0, 0.05) is 26.1 Å². The Bertz CT molecular complexity index is 2030. The van der Waals surface area contributed by atoms with Crippen molar-refractivity contribution in [3.63, 3.8) is 0 Å². The smallest absolute Gasteiger partial charge is 0.407 e. The molecule has 0 bridgehead atoms. The van der Waals surface area contributed by atoms with E-state index in [4.69, 9.17) is 23.7 Å². The second-order valence-electron chi connectivity index (χ2n) is 18.4. The van der Waals surface area contributed by atoms with Crippen LogP contribution in [0.25, 0.3) is 0 Å². The van der Waals surface area contributed by atoms with Crippen LogP contribution < -0.4 is 26.0 Å². The molecule has 15 nitrogen and oxygen atoms in total. The molecule has 348 valence electrons. The molecule has 2 aliphatic rings. The number of rotatable bonds is 19. The topological polar surface area (TPSA) is 183 Å². The van der Waals surface area contributed by atoms with Gasteiger partial charge in [-0.15, -0.1) is 0 Å². The first-order valence-electron chi connectivity index (χ1n) is 22.3. The molecule has 0 saturated heterocycles. The van der Waals surface area contributed by atoms with Gasteiger partial charge in [0.25, 0.3) is 0 Å². The molecular formula is C49H67N5O10. The van der Waals surface area contributed by atoms with Crippen LogP contribution in [0.2, 0.25) is 0 Å². The number of aryl methyl sites for hydroxylation is 1. The molecule has 1 aliphatic heterocycles. The molecule has 3 aromatic rings. The Labute approximate surface area is 377 Å². The fourth-order valence-corrected chi connectivity index (χ4v) is 7.57. The minimum absolute atomic E-state index is 0.00776. The number of hydrogen-bond donors (Lipinski definition) is 4. The van der Waals surface area contributed by atoms with Crippen molar-refractivity contribution >= 4 is 29.9 Å². The van der Waals surface area contributed by atoms with Crippen LogP contribution >= 0.6 is 0 Å². The van der Waals surface area contributed by atoms with Crippen molar-refractivity contribution in [1.29, 1.82) is 0 Å². The van der Waals surface area contributed by atoms with E-state index in [1.54, 1.807) is 32.6 Å². The average Bonchev–Trinajstić information content (AvgIpc) is 3.25. The molecule has 5 amide bonds. The third-order valence-electron chi connectivity index (χ3n) is 11.0. The van der Waals surface area contributed by atoms with E-state index in [1.807, 2.05) is 81.4 Å². The predicted octanol–water partition coefficient (Wildman–Crippen LogP) is 6.16. The molecule has 0 fully saturated rings. The summed E-state index contributed by atoms with van der Waals surface area (Å²) < 4.78 is 27.8. The van der Waals surface area contributed by atoms with Crippen LogP contribution in [0, 0.1) is 11.3 Å². The second kappa shape index (κ2) is 23.3. The largest absolute Gasteiger partial charge is 0.491 e. The van der Waals surface area contributed by atoms with Gasteiger partial charge in [0.15, 0.2) is 0 Å². The zero-order valence-electron chi connectivity index (χ0n) is 38.5. The molecule has 4 atom stereocenters. The molecule has 0 radical (unpaired) electrons. The number of fused-ring (bicyclic) bond motifs is 2. The fourth-order valence-electron chi connectivity index (χ4n) is 7.57. The highest BCUT2D eigenvalue weighted by Gasteiger charge is 2.43. The minimum atomic E-state index is -0.999. The van der Waals surface area contributed by atoms with Crippen molar-refractivity contribution in [1.82, 2.24) is 26.2 Å². The lowest BCUT2D eigenvalue weighted by molar-refractivity contribution is -0.147. The van der Waals surface area contributed by atoms with Crippen LogP contribution in [0.3, 0.4) is 0 Å². The number of alkyl carbamates (subject to hydrolysis) is 2. The summed E-state index contributed by atoms with van der Waals surface area (Å²) in [5.41, 5.74) is 3.58. The number of hydrogen-bond acceptors (Lipinski definition) is 10. The van der Waals surface area contributed by atoms with Gasteiger partial charge in [-0.2, -0.15) is 0 Å². The van der Waals surface area contributed by atoms with Gasteiger partial charge in [-0.1, -0.05) is 88.4 Å². The number of benzene rings is 3. The first-order chi connectivity index (χ1) is 30.5. The standard InChI is InChI=1S/C49H67N5O10/c1-33(30-51-46(58)63-32-34-14-9-8-10-15-34)43(55)53-42(48(2,3)4)45(57)54-31-37-28-38(62-27-26-61-25-24-60-23-22-50-47(59)64-49(5,6)7)21-20-36(37)29-41(54)44(56)52-40-19-13-17-35-16-11-12-18-39(35)40/h8-12,14-16,18,20-21,28,33,40-42H,13,17,19,22-27,29-32H2,1-7H3,(H,50,59)(H,51,58)(H,52,56)(H,53,55)/t33-,40+,41-,42+/m0/s1. The molecule has 1 aliphatic carbocycles. The van der Waals surface area contributed by atoms with Gasteiger partial charge in [-0.05, 0) is 85.4 Å². The highest BCUT2D eigenvalue weighted by atomic mass is 16.6. The van der Waals surface area contributed by atoms with E-state index in [9.17, 15) is 24.0 Å². The molecule has 0 aromatic heterocycles. The molecule has 0 saturated carbocycles. The van der Waals surface area contributed by atoms with Crippen LogP contribution in [0.15, 0.2) is 72.8 Å². The van der Waals surface area contributed by atoms with E-state index in [-0.39, 0.29) is 50.6 Å². The Balaban J connectivity index is 1.21. The first kappa shape index (κ1) is 49.3. The van der Waals surface area contributed by atoms with Crippen molar-refractivity contribution in [2.45, 2.75) is 111 Å². The molecule has 64 heavy (non-hydrogen) atoms. The van der Waals surface area contributed by atoms with Gasteiger partial charge in [0.05, 0.1) is 38.4 Å². The Morgan fingerprint density at radius 3 is 2.22 bits per heavy atom. The zero-order chi connectivity index (χ0) is 46.3. The number of amides is 5. The average molecular weight is 886 g/mol. The Morgan fingerprint density at radius 1 is 0.781 bits per heavy atom. The first-order valence-corrected chi connectivity index (χ1v) is 22.3. The summed E-state index contributed by atoms with van der Waals surface area (Å²) in [5.74, 6) is -1.18. The molecule has 15 heteroatoms. The summed E-state index contributed by atoms with van der Waals surface area (Å²) in [6.45, 7) is 14.8. The zero-order valence-corrected chi connectivity index (χ0v) is 38.5. The van der Waals surface area contributed by atoms with Gasteiger partial charge < -0.3 is 49.9 Å². The maximum atomic E-state index is 14.9. The quantitative estimate of drug-likeness (QED) is 0.102. The highest BCUT2D eigenvalue weighted by molar-refractivity contribution is 5.93. The summed E-state index contributed by atoms with van der Waals surface area (Å²) >= 11 is 0. The third-order valence-corrected chi connectivity index (χ3v) is 11.0. The van der Waals surface area contributed by atoms with E-state index in [0.29, 0.717) is 38.7 Å². The SMILES string of the molecule is C[C@@H](CNC(=O)OCc1ccccc1)C(=O)N[C@H](C(=O)N1Cc2cc(OCCOCCOCCNC(=O)OC(C)(C)C)ccc2C[C@H]1C(=O)N[C@@H]1CCCc2ccccc21)C(C)(C)C. The van der Waals surface area contributed by atoms with E-state index in [0.717, 1.165) is 41.5 Å². The number of nitrogens with zero attached hydrogens (tertiary/aromatic N) is 1. The van der Waals surface area contributed by atoms with Crippen LogP contribution in [0.5, 0.6) is 5.75 Å². The van der Waals surface area contributed by atoms with Crippen molar-refractivity contribution in [3.05, 3.63) is 101 Å². The molecule has 4 N–H and O–H groups in total. The van der Waals surface area contributed by atoms with Gasteiger partial charge in [-0.25, -0.2) is 9.59 Å². The molecule has 0 spiro atoms. The molecule has 1 heterocycles. The number of ether oxygens (including phenoxy) is 5. The summed E-state index contributed by atoms with van der Waals surface area (Å²) in [5, 5.41) is 11.6. The lowest BCUT2D eigenvalue weighted by Crippen LogP contribution is -2.61. The molecule has 0 unspecified atom stereocenters. The van der Waals surface area contributed by atoms with E-state index >= 15 is 0 Å². The van der Waals surface area contributed by atoms with Crippen LogP contribution in [-0.2, 0) is 59.3 Å². The van der Waals surface area contributed by atoms with E-state index in [1.165, 1.54) is 5.56 Å². The van der Waals surface area contributed by atoms with Crippen LogP contribution in [-0.4, -0.2) is 98.6 Å². The summed E-state index contributed by atoms with van der Waals surface area (Å²) in [4.78, 5) is 68.8. The van der Waals surface area contributed by atoms with Gasteiger partial charge >= 0.3 is 12.2 Å². The molecule has 5 rings (SSSR count). The van der Waals surface area contributed by atoms with Crippen LogP contribution in [0.4, 0.5) is 9.59 Å².